The van der Waals surface area contributed by atoms with Gasteiger partial charge in [-0.1, -0.05) is 17.7 Å². The second kappa shape index (κ2) is 9.18. The zero-order valence-corrected chi connectivity index (χ0v) is 20.0. The van der Waals surface area contributed by atoms with E-state index in [9.17, 15) is 10.2 Å². The molecule has 1 aromatic heterocycles. The van der Waals surface area contributed by atoms with Crippen molar-refractivity contribution >= 4 is 23.1 Å². The second-order valence-corrected chi connectivity index (χ2v) is 9.14. The van der Waals surface area contributed by atoms with E-state index in [1.54, 1.807) is 35.4 Å². The molecule has 1 unspecified atom stereocenters. The number of nitrogens with one attached hydrogen (secondary N) is 1. The van der Waals surface area contributed by atoms with E-state index in [2.05, 4.69) is 15.2 Å². The summed E-state index contributed by atoms with van der Waals surface area (Å²) in [5.74, 6) is 1.11. The van der Waals surface area contributed by atoms with Crippen molar-refractivity contribution in [3.63, 3.8) is 0 Å². The fourth-order valence-corrected chi connectivity index (χ4v) is 4.77. The Hall–Kier alpha value is -3.26. The maximum atomic E-state index is 11.3. The van der Waals surface area contributed by atoms with Gasteiger partial charge in [0.1, 0.15) is 11.6 Å². The summed E-state index contributed by atoms with van der Waals surface area (Å²) in [6.45, 7) is 5.69. The van der Waals surface area contributed by atoms with Crippen molar-refractivity contribution in [2.75, 3.05) is 43.0 Å². The van der Waals surface area contributed by atoms with E-state index in [4.69, 9.17) is 11.6 Å². The Morgan fingerprint density at radius 2 is 1.71 bits per heavy atom. The molecule has 5 rings (SSSR count). The number of anilines is 2. The largest absolute Gasteiger partial charge is 0.507 e. The predicted molar refractivity (Wildman–Crippen MR) is 137 cm³/mol. The molecule has 2 aromatic carbocycles. The molecule has 176 valence electrons. The fraction of sp³-hybridized carbons (Fsp3) is 0.269. The number of phenols is 1. The number of hydrogen-bond acceptors (Lipinski definition) is 7. The van der Waals surface area contributed by atoms with Crippen LogP contribution in [0.5, 0.6) is 5.75 Å². The van der Waals surface area contributed by atoms with E-state index in [1.807, 2.05) is 49.4 Å². The first-order chi connectivity index (χ1) is 16.4. The first-order valence-electron chi connectivity index (χ1n) is 11.3. The van der Waals surface area contributed by atoms with E-state index in [-0.39, 0.29) is 5.75 Å². The lowest BCUT2D eigenvalue weighted by atomic mass is 9.95. The van der Waals surface area contributed by atoms with Gasteiger partial charge >= 0.3 is 0 Å². The van der Waals surface area contributed by atoms with Crippen LogP contribution in [0.25, 0.3) is 22.3 Å². The van der Waals surface area contributed by atoms with Crippen LogP contribution < -0.4 is 15.1 Å². The van der Waals surface area contributed by atoms with Gasteiger partial charge in [0.15, 0.2) is 0 Å². The first kappa shape index (κ1) is 22.5. The fourth-order valence-electron chi connectivity index (χ4n) is 4.49. The van der Waals surface area contributed by atoms with E-state index >= 15 is 0 Å². The van der Waals surface area contributed by atoms with Crippen LogP contribution in [0.15, 0.2) is 61.1 Å². The highest BCUT2D eigenvalue weighted by molar-refractivity contribution is 6.33. The van der Waals surface area contributed by atoms with E-state index < -0.39 is 6.35 Å². The third-order valence-corrected chi connectivity index (χ3v) is 6.67. The smallest absolute Gasteiger partial charge is 0.211 e. The van der Waals surface area contributed by atoms with Gasteiger partial charge in [0.25, 0.3) is 0 Å². The van der Waals surface area contributed by atoms with Gasteiger partial charge in [0.2, 0.25) is 6.35 Å². The van der Waals surface area contributed by atoms with Gasteiger partial charge in [-0.05, 0) is 60.0 Å². The van der Waals surface area contributed by atoms with Gasteiger partial charge < -0.3 is 30.2 Å². The van der Waals surface area contributed by atoms with E-state index in [0.29, 0.717) is 16.3 Å². The number of benzene rings is 2. The van der Waals surface area contributed by atoms with Gasteiger partial charge in [-0.2, -0.15) is 0 Å². The molecular formula is C26H28ClN5O2. The summed E-state index contributed by atoms with van der Waals surface area (Å²) in [5.41, 5.74) is 4.91. The lowest BCUT2D eigenvalue weighted by molar-refractivity contribution is 0.0729. The third-order valence-electron chi connectivity index (χ3n) is 6.36. The van der Waals surface area contributed by atoms with Crippen LogP contribution in [0.4, 0.5) is 11.5 Å². The lowest BCUT2D eigenvalue weighted by Gasteiger charge is -2.28. The molecule has 2 aliphatic rings. The number of hydrogen-bond donors (Lipinski definition) is 3. The number of aromatic nitrogens is 1. The Labute approximate surface area is 204 Å². The summed E-state index contributed by atoms with van der Waals surface area (Å²) in [6, 6.07) is 13.5. The third kappa shape index (κ3) is 4.18. The van der Waals surface area contributed by atoms with Crippen molar-refractivity contribution in [2.45, 2.75) is 13.3 Å². The number of aliphatic hydroxyl groups excluding tert-OH is 1. The molecule has 0 spiro atoms. The van der Waals surface area contributed by atoms with Crippen molar-refractivity contribution in [3.8, 4) is 28.0 Å². The minimum absolute atomic E-state index is 0.202. The first-order valence-corrected chi connectivity index (χ1v) is 11.7. The van der Waals surface area contributed by atoms with Crippen molar-refractivity contribution in [3.05, 3.63) is 71.6 Å². The summed E-state index contributed by atoms with van der Waals surface area (Å²) >= 11 is 6.62. The Balaban J connectivity index is 1.51. The maximum Gasteiger partial charge on any atom is 0.211 e. The molecule has 34 heavy (non-hydrogen) atoms. The summed E-state index contributed by atoms with van der Waals surface area (Å²) in [4.78, 5) is 10.2. The molecule has 3 aromatic rings. The molecule has 0 aliphatic carbocycles. The monoisotopic (exact) mass is 477 g/mol. The van der Waals surface area contributed by atoms with Crippen LogP contribution in [-0.2, 0) is 0 Å². The van der Waals surface area contributed by atoms with Crippen molar-refractivity contribution in [2.24, 2.45) is 0 Å². The van der Waals surface area contributed by atoms with Crippen LogP contribution in [0, 0.1) is 6.92 Å². The van der Waals surface area contributed by atoms with Crippen LogP contribution in [0.2, 0.25) is 5.02 Å². The number of aliphatic hydroxyl groups is 1. The maximum absolute atomic E-state index is 11.3. The summed E-state index contributed by atoms with van der Waals surface area (Å²) in [7, 11) is 1.79. The normalized spacial score (nSPS) is 18.1. The minimum Gasteiger partial charge on any atom is -0.507 e. The van der Waals surface area contributed by atoms with E-state index in [0.717, 1.165) is 54.3 Å². The standard InChI is InChI=1S/C26H28ClN5O2/c1-17-13-20(18-3-4-23(22(27)15-18)32-12-11-30(2)26(32)34)25(33)21(14-17)19-5-6-29-24(16-19)31-9-7-28-8-10-31/h3-6,11-16,26,28,33-34H,7-10H2,1-2H3. The molecule has 0 saturated carbocycles. The average Bonchev–Trinajstić information content (AvgIpc) is 3.18. The van der Waals surface area contributed by atoms with Crippen molar-refractivity contribution in [1.82, 2.24) is 15.2 Å². The molecule has 0 amide bonds. The number of aromatic hydroxyl groups is 1. The van der Waals surface area contributed by atoms with Crippen molar-refractivity contribution in [1.29, 1.82) is 0 Å². The number of aryl methyl sites for hydroxylation is 1. The quantitative estimate of drug-likeness (QED) is 0.524. The van der Waals surface area contributed by atoms with Gasteiger partial charge in [-0.3, -0.25) is 0 Å². The highest BCUT2D eigenvalue weighted by Gasteiger charge is 2.24. The molecule has 0 bridgehead atoms. The number of nitrogens with zero attached hydrogens (tertiary/aromatic N) is 4. The number of halogens is 1. The van der Waals surface area contributed by atoms with Crippen LogP contribution in [-0.4, -0.2) is 59.7 Å². The Bertz CT molecular complexity index is 1240. The summed E-state index contributed by atoms with van der Waals surface area (Å²) < 4.78 is 0. The molecule has 0 radical (unpaired) electrons. The molecule has 1 fully saturated rings. The van der Waals surface area contributed by atoms with Gasteiger partial charge in [0, 0.05) is 63.0 Å². The van der Waals surface area contributed by atoms with Gasteiger partial charge in [-0.15, -0.1) is 0 Å². The Morgan fingerprint density at radius 1 is 1.00 bits per heavy atom. The summed E-state index contributed by atoms with van der Waals surface area (Å²) in [6.07, 6.45) is 4.56. The lowest BCUT2D eigenvalue weighted by Crippen LogP contribution is -2.43. The van der Waals surface area contributed by atoms with Gasteiger partial charge in [-0.25, -0.2) is 4.98 Å². The number of rotatable bonds is 4. The molecular weight excluding hydrogens is 450 g/mol. The summed E-state index contributed by atoms with van der Waals surface area (Å²) in [5, 5.41) is 25.5. The number of piperazine rings is 1. The number of pyridine rings is 1. The van der Waals surface area contributed by atoms with E-state index in [1.165, 1.54) is 0 Å². The molecule has 8 heteroatoms. The van der Waals surface area contributed by atoms with Crippen LogP contribution in [0.3, 0.4) is 0 Å². The molecule has 2 aliphatic heterocycles. The topological polar surface area (TPSA) is 75.1 Å². The molecule has 3 heterocycles. The molecule has 3 N–H and O–H groups in total. The minimum atomic E-state index is -0.807. The van der Waals surface area contributed by atoms with Gasteiger partial charge in [0.05, 0.1) is 10.7 Å². The second-order valence-electron chi connectivity index (χ2n) is 8.73. The number of phenolic OH excluding ortho intramolecular Hbond substituents is 1. The molecule has 1 atom stereocenters. The Kier molecular flexibility index (Phi) is 6.08. The molecule has 7 nitrogen and oxygen atoms in total. The zero-order chi connectivity index (χ0) is 23.8. The zero-order valence-electron chi connectivity index (χ0n) is 19.2. The predicted octanol–water partition coefficient (Wildman–Crippen LogP) is 3.99. The van der Waals surface area contributed by atoms with Crippen LogP contribution in [0.1, 0.15) is 5.56 Å². The highest BCUT2D eigenvalue weighted by Crippen LogP contribution is 2.42. The van der Waals surface area contributed by atoms with Crippen molar-refractivity contribution < 1.29 is 10.2 Å². The molecule has 1 saturated heterocycles. The van der Waals surface area contributed by atoms with Crippen LogP contribution >= 0.6 is 11.6 Å². The Morgan fingerprint density at radius 3 is 2.35 bits per heavy atom. The highest BCUT2D eigenvalue weighted by atomic mass is 35.5. The SMILES string of the molecule is Cc1cc(-c2ccnc(N3CCNCC3)c2)c(O)c(-c2ccc(N3C=CN(C)C3O)c(Cl)c2)c1. The average molecular weight is 478 g/mol.